The van der Waals surface area contributed by atoms with E-state index in [0.717, 1.165) is 17.7 Å². The van der Waals surface area contributed by atoms with Crippen molar-refractivity contribution in [2.45, 2.75) is 18.9 Å². The van der Waals surface area contributed by atoms with Crippen LogP contribution in [0.5, 0.6) is 0 Å². The van der Waals surface area contributed by atoms with Gasteiger partial charge in [0.1, 0.15) is 0 Å². The molecule has 0 bridgehead atoms. The number of imide groups is 1. The van der Waals surface area contributed by atoms with Crippen molar-refractivity contribution in [1.82, 2.24) is 4.90 Å². The first kappa shape index (κ1) is 20.1. The Hall–Kier alpha value is -3.23. The van der Waals surface area contributed by atoms with Crippen LogP contribution in [0.2, 0.25) is 5.02 Å². The van der Waals surface area contributed by atoms with E-state index in [1.807, 2.05) is 0 Å². The number of carboxylic acid groups (broad SMARTS) is 1. The molecule has 0 radical (unpaired) electrons. The normalized spacial score (nSPS) is 17.9. The fraction of sp³-hybridized carbons (Fsp3) is 0.238. The number of carboxylic acids is 1. The highest BCUT2D eigenvalue weighted by Crippen LogP contribution is 2.27. The topological polar surface area (TPSA) is 113 Å². The SMILES string of the molecule is O=C(Nc1cc(Cl)ccc1C(=O)O)c1ccc2c(c1)C(=O)N(C[C@H]1CCCO1)C2=O. The number of hydrogen-bond donors (Lipinski definition) is 2. The van der Waals surface area contributed by atoms with Crippen LogP contribution in [-0.4, -0.2) is 53.0 Å². The predicted molar refractivity (Wildman–Crippen MR) is 107 cm³/mol. The Balaban J connectivity index is 1.57. The van der Waals surface area contributed by atoms with Crippen molar-refractivity contribution < 1.29 is 29.0 Å². The number of ether oxygens (including phenoxy) is 1. The molecule has 9 heteroatoms. The van der Waals surface area contributed by atoms with Crippen LogP contribution in [0.25, 0.3) is 0 Å². The van der Waals surface area contributed by atoms with Crippen LogP contribution < -0.4 is 5.32 Å². The molecule has 2 aromatic carbocycles. The van der Waals surface area contributed by atoms with Gasteiger partial charge < -0.3 is 15.2 Å². The van der Waals surface area contributed by atoms with Gasteiger partial charge in [-0.2, -0.15) is 0 Å². The third kappa shape index (κ3) is 3.67. The van der Waals surface area contributed by atoms with Gasteiger partial charge in [-0.1, -0.05) is 11.6 Å². The maximum atomic E-state index is 12.7. The summed E-state index contributed by atoms with van der Waals surface area (Å²) in [4.78, 5) is 50.5. The molecule has 0 spiro atoms. The average Bonchev–Trinajstić information content (AvgIpc) is 3.30. The van der Waals surface area contributed by atoms with Gasteiger partial charge in [0.05, 0.1) is 35.0 Å². The lowest BCUT2D eigenvalue weighted by atomic mass is 10.0. The van der Waals surface area contributed by atoms with Crippen molar-refractivity contribution >= 4 is 41.0 Å². The van der Waals surface area contributed by atoms with Gasteiger partial charge in [-0.3, -0.25) is 19.3 Å². The van der Waals surface area contributed by atoms with Crippen LogP contribution in [-0.2, 0) is 4.74 Å². The lowest BCUT2D eigenvalue weighted by molar-refractivity contribution is 0.0475. The molecule has 3 amide bonds. The molecule has 0 unspecified atom stereocenters. The summed E-state index contributed by atoms with van der Waals surface area (Å²) in [7, 11) is 0. The molecule has 1 saturated heterocycles. The number of aromatic carboxylic acids is 1. The Morgan fingerprint density at radius 3 is 2.60 bits per heavy atom. The van der Waals surface area contributed by atoms with E-state index in [0.29, 0.717) is 6.61 Å². The fourth-order valence-corrected chi connectivity index (χ4v) is 3.76. The Morgan fingerprint density at radius 1 is 1.13 bits per heavy atom. The van der Waals surface area contributed by atoms with Crippen molar-refractivity contribution in [1.29, 1.82) is 0 Å². The quantitative estimate of drug-likeness (QED) is 0.707. The molecule has 1 atom stereocenters. The molecule has 1 fully saturated rings. The van der Waals surface area contributed by atoms with Gasteiger partial charge in [0.25, 0.3) is 17.7 Å². The van der Waals surface area contributed by atoms with Gasteiger partial charge in [-0.25, -0.2) is 4.79 Å². The molecule has 2 heterocycles. The molecule has 2 aliphatic rings. The van der Waals surface area contributed by atoms with Crippen LogP contribution >= 0.6 is 11.6 Å². The molecule has 2 aromatic rings. The van der Waals surface area contributed by atoms with Gasteiger partial charge in [0.2, 0.25) is 0 Å². The maximum Gasteiger partial charge on any atom is 0.337 e. The molecule has 0 saturated carbocycles. The first-order valence-corrected chi connectivity index (χ1v) is 9.69. The molecule has 8 nitrogen and oxygen atoms in total. The van der Waals surface area contributed by atoms with Crippen molar-refractivity contribution in [2.24, 2.45) is 0 Å². The van der Waals surface area contributed by atoms with Crippen LogP contribution in [0.15, 0.2) is 36.4 Å². The maximum absolute atomic E-state index is 12.7. The summed E-state index contributed by atoms with van der Waals surface area (Å²) >= 11 is 5.91. The molecule has 0 aliphatic carbocycles. The van der Waals surface area contributed by atoms with Gasteiger partial charge in [0.15, 0.2) is 0 Å². The molecular formula is C21H17ClN2O6. The number of rotatable bonds is 5. The van der Waals surface area contributed by atoms with Gasteiger partial charge in [0, 0.05) is 17.2 Å². The zero-order valence-electron chi connectivity index (χ0n) is 15.7. The Kier molecular flexibility index (Phi) is 5.27. The number of hydrogen-bond acceptors (Lipinski definition) is 5. The van der Waals surface area contributed by atoms with Crippen molar-refractivity contribution in [3.63, 3.8) is 0 Å². The minimum absolute atomic E-state index is 0.0305. The zero-order chi connectivity index (χ0) is 21.4. The number of amides is 3. The van der Waals surface area contributed by atoms with E-state index in [9.17, 15) is 24.3 Å². The van der Waals surface area contributed by atoms with Crippen LogP contribution in [0.3, 0.4) is 0 Å². The molecule has 2 aliphatic heterocycles. The summed E-state index contributed by atoms with van der Waals surface area (Å²) in [6, 6.07) is 8.20. The Bertz CT molecular complexity index is 1080. The summed E-state index contributed by atoms with van der Waals surface area (Å²) in [6.07, 6.45) is 1.50. The minimum atomic E-state index is -1.22. The molecule has 30 heavy (non-hydrogen) atoms. The number of carbonyl (C=O) groups is 4. The number of carbonyl (C=O) groups excluding carboxylic acids is 3. The van der Waals surface area contributed by atoms with Crippen LogP contribution in [0, 0.1) is 0 Å². The summed E-state index contributed by atoms with van der Waals surface area (Å²) < 4.78 is 5.51. The molecule has 0 aromatic heterocycles. The Morgan fingerprint density at radius 2 is 1.90 bits per heavy atom. The van der Waals surface area contributed by atoms with Gasteiger partial charge in [-0.05, 0) is 49.2 Å². The molecule has 4 rings (SSSR count). The third-order valence-electron chi connectivity index (χ3n) is 5.10. The third-order valence-corrected chi connectivity index (χ3v) is 5.34. The number of fused-ring (bicyclic) bond motifs is 1. The lowest BCUT2D eigenvalue weighted by Gasteiger charge is -2.17. The fourth-order valence-electron chi connectivity index (χ4n) is 3.59. The smallest absolute Gasteiger partial charge is 0.337 e. The van der Waals surface area contributed by atoms with Crippen LogP contribution in [0.4, 0.5) is 5.69 Å². The first-order valence-electron chi connectivity index (χ1n) is 9.31. The highest BCUT2D eigenvalue weighted by atomic mass is 35.5. The first-order chi connectivity index (χ1) is 14.3. The molecular weight excluding hydrogens is 412 g/mol. The summed E-state index contributed by atoms with van der Waals surface area (Å²) in [6.45, 7) is 0.790. The van der Waals surface area contributed by atoms with Crippen molar-refractivity contribution in [3.05, 3.63) is 63.7 Å². The van der Waals surface area contributed by atoms with E-state index in [-0.39, 0.29) is 45.6 Å². The van der Waals surface area contributed by atoms with E-state index in [1.165, 1.54) is 36.4 Å². The number of benzene rings is 2. The second kappa shape index (κ2) is 7.89. The van der Waals surface area contributed by atoms with E-state index in [2.05, 4.69) is 5.32 Å². The standard InChI is InChI=1S/C21H17ClN2O6/c22-12-4-6-15(21(28)29)17(9-12)23-18(25)11-3-5-14-16(8-11)20(27)24(19(14)26)10-13-2-1-7-30-13/h3-6,8-9,13H,1-2,7,10H2,(H,23,25)(H,28,29)/t13-/m1/s1. The number of anilines is 1. The van der Waals surface area contributed by atoms with E-state index < -0.39 is 23.7 Å². The van der Waals surface area contributed by atoms with Gasteiger partial charge >= 0.3 is 5.97 Å². The van der Waals surface area contributed by atoms with E-state index >= 15 is 0 Å². The number of halogens is 1. The highest BCUT2D eigenvalue weighted by molar-refractivity contribution is 6.31. The summed E-state index contributed by atoms with van der Waals surface area (Å²) in [5.74, 6) is -2.74. The Labute approximate surface area is 176 Å². The number of nitrogens with zero attached hydrogens (tertiary/aromatic N) is 1. The summed E-state index contributed by atoms with van der Waals surface area (Å²) in [5.41, 5.74) is 0.384. The van der Waals surface area contributed by atoms with E-state index in [4.69, 9.17) is 16.3 Å². The number of nitrogens with one attached hydrogen (secondary N) is 1. The largest absolute Gasteiger partial charge is 0.478 e. The monoisotopic (exact) mass is 428 g/mol. The van der Waals surface area contributed by atoms with Crippen molar-refractivity contribution in [2.75, 3.05) is 18.5 Å². The molecule has 154 valence electrons. The van der Waals surface area contributed by atoms with Gasteiger partial charge in [-0.15, -0.1) is 0 Å². The second-order valence-corrected chi connectivity index (χ2v) is 7.50. The summed E-state index contributed by atoms with van der Waals surface area (Å²) in [5, 5.41) is 12.0. The minimum Gasteiger partial charge on any atom is -0.478 e. The average molecular weight is 429 g/mol. The molecule has 2 N–H and O–H groups in total. The lowest BCUT2D eigenvalue weighted by Crippen LogP contribution is -2.36. The van der Waals surface area contributed by atoms with Crippen molar-refractivity contribution in [3.8, 4) is 0 Å². The highest BCUT2D eigenvalue weighted by Gasteiger charge is 2.38. The van der Waals surface area contributed by atoms with Crippen LogP contribution in [0.1, 0.15) is 54.3 Å². The predicted octanol–water partition coefficient (Wildman–Crippen LogP) is 3.07. The second-order valence-electron chi connectivity index (χ2n) is 7.07. The zero-order valence-corrected chi connectivity index (χ0v) is 16.4. The van der Waals surface area contributed by atoms with E-state index in [1.54, 1.807) is 0 Å².